The molecule has 0 amide bonds. The minimum atomic E-state index is -0.119. The monoisotopic (exact) mass is 299 g/mol. The average Bonchev–Trinajstić information content (AvgIpc) is 2.96. The number of halogens is 2. The highest BCUT2D eigenvalue weighted by Gasteiger charge is 2.25. The highest BCUT2D eigenvalue weighted by atomic mass is 35.5. The van der Waals surface area contributed by atoms with Crippen LogP contribution < -0.4 is 4.90 Å². The number of aromatic nitrogens is 4. The molecule has 3 heterocycles. The van der Waals surface area contributed by atoms with Crippen LogP contribution in [0.4, 0.5) is 5.69 Å². The van der Waals surface area contributed by atoms with Gasteiger partial charge in [-0.1, -0.05) is 23.2 Å². The Morgan fingerprint density at radius 2 is 2.26 bits per heavy atom. The maximum atomic E-state index is 6.06. The first-order valence-corrected chi connectivity index (χ1v) is 6.54. The van der Waals surface area contributed by atoms with Crippen LogP contribution in [-0.2, 0) is 4.74 Å². The maximum absolute atomic E-state index is 6.06. The third kappa shape index (κ3) is 2.65. The Morgan fingerprint density at radius 1 is 1.37 bits per heavy atom. The summed E-state index contributed by atoms with van der Waals surface area (Å²) in [5.41, 5.74) is 0.765. The van der Waals surface area contributed by atoms with Crippen LogP contribution >= 0.6 is 23.2 Å². The van der Waals surface area contributed by atoms with Crippen LogP contribution in [-0.4, -0.2) is 39.9 Å². The molecule has 0 aliphatic carbocycles. The van der Waals surface area contributed by atoms with E-state index in [1.54, 1.807) is 18.5 Å². The lowest BCUT2D eigenvalue weighted by Gasteiger charge is -2.33. The standard InChI is InChI=1S/C11H11Cl2N5O/c12-9-5-7(10(13)17-16-9)18-3-4-19-8(6-18)11-14-1-2-15-11/h1-2,5,8H,3-4,6H2,(H,14,15). The number of H-pyrrole nitrogens is 1. The van der Waals surface area contributed by atoms with Crippen molar-refractivity contribution in [2.24, 2.45) is 0 Å². The zero-order chi connectivity index (χ0) is 13.2. The summed E-state index contributed by atoms with van der Waals surface area (Å²) in [5, 5.41) is 8.19. The summed E-state index contributed by atoms with van der Waals surface area (Å²) in [4.78, 5) is 9.34. The minimum Gasteiger partial charge on any atom is -0.367 e. The van der Waals surface area contributed by atoms with Crippen molar-refractivity contribution in [2.45, 2.75) is 6.10 Å². The van der Waals surface area contributed by atoms with Crippen LogP contribution in [0.25, 0.3) is 0 Å². The second kappa shape index (κ2) is 5.32. The van der Waals surface area contributed by atoms with E-state index < -0.39 is 0 Å². The molecule has 1 saturated heterocycles. The summed E-state index contributed by atoms with van der Waals surface area (Å²) < 4.78 is 5.70. The lowest BCUT2D eigenvalue weighted by Crippen LogP contribution is -2.39. The van der Waals surface area contributed by atoms with Gasteiger partial charge in [-0.2, -0.15) is 0 Å². The molecule has 0 aromatic carbocycles. The molecule has 2 aromatic rings. The van der Waals surface area contributed by atoms with Crippen LogP contribution in [0.3, 0.4) is 0 Å². The van der Waals surface area contributed by atoms with E-state index in [0.29, 0.717) is 23.5 Å². The van der Waals surface area contributed by atoms with Crippen molar-refractivity contribution in [3.63, 3.8) is 0 Å². The molecule has 1 aliphatic rings. The van der Waals surface area contributed by atoms with Crippen molar-refractivity contribution in [1.29, 1.82) is 0 Å². The third-order valence-electron chi connectivity index (χ3n) is 2.93. The molecule has 0 radical (unpaired) electrons. The Labute approximate surface area is 119 Å². The van der Waals surface area contributed by atoms with Crippen molar-refractivity contribution in [1.82, 2.24) is 20.2 Å². The summed E-state index contributed by atoms with van der Waals surface area (Å²) in [6.45, 7) is 1.94. The van der Waals surface area contributed by atoms with Crippen LogP contribution in [0, 0.1) is 0 Å². The van der Waals surface area contributed by atoms with Gasteiger partial charge in [-0.3, -0.25) is 0 Å². The highest BCUT2D eigenvalue weighted by molar-refractivity contribution is 6.33. The van der Waals surface area contributed by atoms with E-state index in [9.17, 15) is 0 Å². The van der Waals surface area contributed by atoms with Gasteiger partial charge >= 0.3 is 0 Å². The fourth-order valence-electron chi connectivity index (χ4n) is 2.05. The Balaban J connectivity index is 1.83. The van der Waals surface area contributed by atoms with Gasteiger partial charge in [0, 0.05) is 25.0 Å². The number of aromatic amines is 1. The number of morpholine rings is 1. The second-order valence-electron chi connectivity index (χ2n) is 4.12. The summed E-state index contributed by atoms with van der Waals surface area (Å²) in [6.07, 6.45) is 3.36. The number of hydrogen-bond donors (Lipinski definition) is 1. The summed E-state index contributed by atoms with van der Waals surface area (Å²) in [7, 11) is 0. The summed E-state index contributed by atoms with van der Waals surface area (Å²) in [6, 6.07) is 1.71. The number of hydrogen-bond acceptors (Lipinski definition) is 5. The molecule has 0 saturated carbocycles. The van der Waals surface area contributed by atoms with E-state index in [0.717, 1.165) is 18.1 Å². The van der Waals surface area contributed by atoms with Crippen molar-refractivity contribution < 1.29 is 4.74 Å². The molecule has 6 nitrogen and oxygen atoms in total. The van der Waals surface area contributed by atoms with Gasteiger partial charge in [0.25, 0.3) is 0 Å². The quantitative estimate of drug-likeness (QED) is 0.920. The molecule has 1 aliphatic heterocycles. The maximum Gasteiger partial charge on any atom is 0.175 e. The van der Waals surface area contributed by atoms with E-state index in [4.69, 9.17) is 27.9 Å². The first kappa shape index (κ1) is 12.7. The van der Waals surface area contributed by atoms with E-state index in [-0.39, 0.29) is 6.10 Å². The lowest BCUT2D eigenvalue weighted by atomic mass is 10.2. The van der Waals surface area contributed by atoms with Gasteiger partial charge in [-0.15, -0.1) is 10.2 Å². The zero-order valence-corrected chi connectivity index (χ0v) is 11.4. The smallest absolute Gasteiger partial charge is 0.175 e. The molecule has 1 atom stereocenters. The SMILES string of the molecule is Clc1cc(N2CCOC(c3ncc[nH]3)C2)c(Cl)nn1. The molecule has 0 bridgehead atoms. The topological polar surface area (TPSA) is 66.9 Å². The number of imidazole rings is 1. The molecule has 19 heavy (non-hydrogen) atoms. The second-order valence-corrected chi connectivity index (χ2v) is 4.87. The molecule has 0 spiro atoms. The van der Waals surface area contributed by atoms with E-state index in [1.807, 2.05) is 0 Å². The highest BCUT2D eigenvalue weighted by Crippen LogP contribution is 2.29. The van der Waals surface area contributed by atoms with E-state index >= 15 is 0 Å². The zero-order valence-electron chi connectivity index (χ0n) is 9.88. The Bertz CT molecular complexity index is 562. The minimum absolute atomic E-state index is 0.119. The van der Waals surface area contributed by atoms with Crippen LogP contribution in [0.5, 0.6) is 0 Å². The summed E-state index contributed by atoms with van der Waals surface area (Å²) in [5.74, 6) is 0.800. The van der Waals surface area contributed by atoms with Crippen LogP contribution in [0.1, 0.15) is 11.9 Å². The molecule has 8 heteroatoms. The fourth-order valence-corrected chi connectivity index (χ4v) is 2.41. The number of ether oxygens (including phenoxy) is 1. The van der Waals surface area contributed by atoms with Gasteiger partial charge in [-0.25, -0.2) is 4.98 Å². The van der Waals surface area contributed by atoms with Crippen LogP contribution in [0.15, 0.2) is 18.5 Å². The van der Waals surface area contributed by atoms with Gasteiger partial charge in [0.1, 0.15) is 11.9 Å². The van der Waals surface area contributed by atoms with E-state index in [1.165, 1.54) is 0 Å². The third-order valence-corrected chi connectivity index (χ3v) is 3.39. The molecule has 100 valence electrons. The number of rotatable bonds is 2. The largest absolute Gasteiger partial charge is 0.367 e. The van der Waals surface area contributed by atoms with Gasteiger partial charge in [-0.05, 0) is 0 Å². The van der Waals surface area contributed by atoms with Gasteiger partial charge in [0.15, 0.2) is 10.3 Å². The summed E-state index contributed by atoms with van der Waals surface area (Å²) >= 11 is 11.9. The number of anilines is 1. The number of nitrogens with zero attached hydrogens (tertiary/aromatic N) is 4. The fraction of sp³-hybridized carbons (Fsp3) is 0.364. The van der Waals surface area contributed by atoms with Crippen molar-refractivity contribution in [3.8, 4) is 0 Å². The Hall–Kier alpha value is -1.37. The Morgan fingerprint density at radius 3 is 3.05 bits per heavy atom. The predicted molar refractivity (Wildman–Crippen MR) is 71.5 cm³/mol. The van der Waals surface area contributed by atoms with Gasteiger partial charge in [0.2, 0.25) is 0 Å². The molecule has 1 fully saturated rings. The first-order valence-electron chi connectivity index (χ1n) is 5.78. The van der Waals surface area contributed by atoms with Gasteiger partial charge < -0.3 is 14.6 Å². The van der Waals surface area contributed by atoms with Crippen LogP contribution in [0.2, 0.25) is 10.3 Å². The molecular weight excluding hydrogens is 289 g/mol. The normalized spacial score (nSPS) is 19.7. The lowest BCUT2D eigenvalue weighted by molar-refractivity contribution is 0.0345. The predicted octanol–water partition coefficient (Wildman–Crippen LogP) is 2.08. The molecule has 1 N–H and O–H groups in total. The van der Waals surface area contributed by atoms with Gasteiger partial charge in [0.05, 0.1) is 18.8 Å². The first-order chi connectivity index (χ1) is 9.24. The van der Waals surface area contributed by atoms with E-state index in [2.05, 4.69) is 25.1 Å². The van der Waals surface area contributed by atoms with Crippen molar-refractivity contribution >= 4 is 28.9 Å². The average molecular weight is 300 g/mol. The molecular formula is C11H11Cl2N5O. The molecule has 2 aromatic heterocycles. The Kier molecular flexibility index (Phi) is 3.54. The van der Waals surface area contributed by atoms with Crippen molar-refractivity contribution in [2.75, 3.05) is 24.6 Å². The molecule has 1 unspecified atom stereocenters. The van der Waals surface area contributed by atoms with Crippen molar-refractivity contribution in [3.05, 3.63) is 34.6 Å². The molecule has 3 rings (SSSR count). The number of nitrogens with one attached hydrogen (secondary N) is 1.